The molecule has 0 spiro atoms. The number of benzene rings is 3. The van der Waals surface area contributed by atoms with Crippen molar-refractivity contribution in [2.75, 3.05) is 20.3 Å². The van der Waals surface area contributed by atoms with E-state index in [9.17, 15) is 9.90 Å². The molecule has 1 atom stereocenters. The number of hydrogen-bond acceptors (Lipinski definition) is 5. The van der Waals surface area contributed by atoms with Crippen LogP contribution in [0.1, 0.15) is 23.6 Å². The molecule has 0 radical (unpaired) electrons. The van der Waals surface area contributed by atoms with Crippen LogP contribution in [0.5, 0.6) is 5.75 Å². The van der Waals surface area contributed by atoms with Crippen LogP contribution in [0.3, 0.4) is 0 Å². The zero-order chi connectivity index (χ0) is 25.3. The van der Waals surface area contributed by atoms with Gasteiger partial charge in [0.05, 0.1) is 6.54 Å². The molecule has 1 heterocycles. The van der Waals surface area contributed by atoms with Gasteiger partial charge < -0.3 is 24.0 Å². The Kier molecular flexibility index (Phi) is 8.36. The van der Waals surface area contributed by atoms with Crippen molar-refractivity contribution in [1.29, 1.82) is 0 Å². The molecule has 0 saturated heterocycles. The van der Waals surface area contributed by atoms with Gasteiger partial charge in [0, 0.05) is 41.3 Å². The average molecular weight is 487 g/mol. The molecule has 4 rings (SSSR count). The molecule has 0 aliphatic carbocycles. The molecule has 0 aliphatic rings. The van der Waals surface area contributed by atoms with E-state index in [1.165, 1.54) is 0 Å². The van der Waals surface area contributed by atoms with Crippen molar-refractivity contribution >= 4 is 22.6 Å². The molecule has 0 amide bonds. The van der Waals surface area contributed by atoms with Crippen LogP contribution in [0.25, 0.3) is 10.9 Å². The molecule has 0 unspecified atom stereocenters. The van der Waals surface area contributed by atoms with Gasteiger partial charge in [-0.1, -0.05) is 53.7 Å². The fourth-order valence-electron chi connectivity index (χ4n) is 4.12. The molecular weight excluding hydrogens is 456 g/mol. The van der Waals surface area contributed by atoms with Crippen molar-refractivity contribution in [3.8, 4) is 5.75 Å². The molecule has 7 heteroatoms. The highest BCUT2D eigenvalue weighted by molar-refractivity contribution is 6.13. The highest BCUT2D eigenvalue weighted by atomic mass is 16.6. The van der Waals surface area contributed by atoms with Gasteiger partial charge in [-0.2, -0.15) is 0 Å². The van der Waals surface area contributed by atoms with E-state index in [1.807, 2.05) is 54.6 Å². The summed E-state index contributed by atoms with van der Waals surface area (Å²) in [5.41, 5.74) is 4.77. The quantitative estimate of drug-likeness (QED) is 0.221. The van der Waals surface area contributed by atoms with Gasteiger partial charge in [0.25, 0.3) is 0 Å². The van der Waals surface area contributed by atoms with Gasteiger partial charge in [-0.25, -0.2) is 4.79 Å². The van der Waals surface area contributed by atoms with Crippen LogP contribution in [-0.2, 0) is 27.3 Å². The minimum Gasteiger partial charge on any atom is -0.492 e. The number of aliphatic carboxylic acids is 1. The minimum absolute atomic E-state index is 0.321. The van der Waals surface area contributed by atoms with Crippen LogP contribution in [0.15, 0.2) is 90.2 Å². The Morgan fingerprint density at radius 1 is 1.00 bits per heavy atom. The topological polar surface area (TPSA) is 82.3 Å². The van der Waals surface area contributed by atoms with Crippen molar-refractivity contribution in [1.82, 2.24) is 4.57 Å². The minimum atomic E-state index is -0.953. The molecule has 0 bridgehead atoms. The number of ether oxygens (including phenoxy) is 2. The summed E-state index contributed by atoms with van der Waals surface area (Å²) in [5.74, 6) is -0.213. The second-order valence-corrected chi connectivity index (χ2v) is 8.25. The molecule has 7 nitrogen and oxygen atoms in total. The van der Waals surface area contributed by atoms with Crippen molar-refractivity contribution in [3.63, 3.8) is 0 Å². The van der Waals surface area contributed by atoms with Crippen LogP contribution >= 0.6 is 0 Å². The van der Waals surface area contributed by atoms with Crippen molar-refractivity contribution in [3.05, 3.63) is 102 Å². The van der Waals surface area contributed by atoms with E-state index in [0.29, 0.717) is 26.2 Å². The Morgan fingerprint density at radius 2 is 1.78 bits per heavy atom. The molecule has 1 aromatic heterocycles. The largest absolute Gasteiger partial charge is 0.492 e. The number of carboxylic acids is 1. The predicted octanol–water partition coefficient (Wildman–Crippen LogP) is 5.15. The molecule has 0 fully saturated rings. The van der Waals surface area contributed by atoms with Crippen molar-refractivity contribution in [2.45, 2.75) is 26.0 Å². The van der Waals surface area contributed by atoms with E-state index < -0.39 is 12.1 Å². The Balaban J connectivity index is 1.39. The van der Waals surface area contributed by atoms with Gasteiger partial charge in [-0.3, -0.25) is 0 Å². The third-order valence-corrected chi connectivity index (χ3v) is 5.86. The number of carbonyl (C=O) groups is 1. The first kappa shape index (κ1) is 25.0. The lowest BCUT2D eigenvalue weighted by atomic mass is 10.0. The van der Waals surface area contributed by atoms with E-state index in [2.05, 4.69) is 40.2 Å². The Morgan fingerprint density at radius 3 is 2.47 bits per heavy atom. The first-order chi connectivity index (χ1) is 17.6. The van der Waals surface area contributed by atoms with Crippen LogP contribution in [0.2, 0.25) is 0 Å². The predicted molar refractivity (Wildman–Crippen MR) is 140 cm³/mol. The molecule has 4 aromatic rings. The van der Waals surface area contributed by atoms with Crippen LogP contribution < -0.4 is 4.74 Å². The average Bonchev–Trinajstić information content (AvgIpc) is 3.30. The Labute approximate surface area is 210 Å². The van der Waals surface area contributed by atoms with E-state index in [1.54, 1.807) is 14.0 Å². The van der Waals surface area contributed by atoms with E-state index in [0.717, 1.165) is 39.1 Å². The number of nitrogens with zero attached hydrogens (tertiary/aromatic N) is 2. The molecule has 1 N–H and O–H groups in total. The van der Waals surface area contributed by atoms with Gasteiger partial charge in [-0.15, -0.1) is 0 Å². The standard InChI is InChI=1S/C29H30N2O5/c1-3-35-27(29(32)33)19-21-9-12-25(13-10-21)36-18-17-31-16-15-23-20-24(11-14-26(23)31)28(30-34-2)22-7-5-4-6-8-22/h4-16,20,27H,3,17-19H2,1-2H3,(H,32,33)/b30-28+/t27-/m0/s1. The van der Waals surface area contributed by atoms with Crippen LogP contribution in [0, 0.1) is 0 Å². The zero-order valence-corrected chi connectivity index (χ0v) is 20.5. The molecule has 36 heavy (non-hydrogen) atoms. The highest BCUT2D eigenvalue weighted by Gasteiger charge is 2.17. The fourth-order valence-corrected chi connectivity index (χ4v) is 4.12. The lowest BCUT2D eigenvalue weighted by Gasteiger charge is -2.13. The fraction of sp³-hybridized carbons (Fsp3) is 0.241. The first-order valence-corrected chi connectivity index (χ1v) is 11.9. The number of rotatable bonds is 12. The van der Waals surface area contributed by atoms with E-state index in [-0.39, 0.29) is 0 Å². The summed E-state index contributed by atoms with van der Waals surface area (Å²) in [6.45, 7) is 3.34. The first-order valence-electron chi connectivity index (χ1n) is 11.9. The van der Waals surface area contributed by atoms with Crippen molar-refractivity contribution in [2.24, 2.45) is 5.16 Å². The van der Waals surface area contributed by atoms with Crippen LogP contribution in [-0.4, -0.2) is 47.8 Å². The number of oxime groups is 1. The third kappa shape index (κ3) is 6.12. The molecule has 186 valence electrons. The summed E-state index contributed by atoms with van der Waals surface area (Å²) < 4.78 is 13.4. The summed E-state index contributed by atoms with van der Waals surface area (Å²) in [6, 6.07) is 25.8. The van der Waals surface area contributed by atoms with E-state index >= 15 is 0 Å². The Hall–Kier alpha value is -4.10. The highest BCUT2D eigenvalue weighted by Crippen LogP contribution is 2.21. The summed E-state index contributed by atoms with van der Waals surface area (Å²) in [6.07, 6.45) is 1.53. The summed E-state index contributed by atoms with van der Waals surface area (Å²) in [4.78, 5) is 16.4. The van der Waals surface area contributed by atoms with Gasteiger partial charge in [-0.05, 0) is 42.8 Å². The van der Waals surface area contributed by atoms with E-state index in [4.69, 9.17) is 14.3 Å². The molecule has 0 saturated carbocycles. The number of aromatic nitrogens is 1. The number of fused-ring (bicyclic) bond motifs is 1. The normalized spacial score (nSPS) is 12.4. The van der Waals surface area contributed by atoms with Gasteiger partial charge >= 0.3 is 5.97 Å². The lowest BCUT2D eigenvalue weighted by molar-refractivity contribution is -0.149. The molecule has 0 aliphatic heterocycles. The second kappa shape index (κ2) is 12.0. The SMILES string of the molecule is CCO[C@@H](Cc1ccc(OCCn2ccc3cc(/C(=N/OC)c4ccccc4)ccc32)cc1)C(=O)O. The lowest BCUT2D eigenvalue weighted by Crippen LogP contribution is -2.26. The monoisotopic (exact) mass is 486 g/mol. The maximum Gasteiger partial charge on any atom is 0.333 e. The summed E-state index contributed by atoms with van der Waals surface area (Å²) in [5, 5.41) is 14.6. The molecule has 3 aromatic carbocycles. The maximum absolute atomic E-state index is 11.3. The Bertz CT molecular complexity index is 1310. The smallest absolute Gasteiger partial charge is 0.333 e. The zero-order valence-electron chi connectivity index (χ0n) is 20.5. The third-order valence-electron chi connectivity index (χ3n) is 5.86. The molecular formula is C29H30N2O5. The second-order valence-electron chi connectivity index (χ2n) is 8.25. The van der Waals surface area contributed by atoms with Gasteiger partial charge in [0.2, 0.25) is 0 Å². The number of hydrogen-bond donors (Lipinski definition) is 1. The van der Waals surface area contributed by atoms with Crippen LogP contribution in [0.4, 0.5) is 0 Å². The van der Waals surface area contributed by atoms with Crippen molar-refractivity contribution < 1.29 is 24.2 Å². The summed E-state index contributed by atoms with van der Waals surface area (Å²) >= 11 is 0. The van der Waals surface area contributed by atoms with Gasteiger partial charge in [0.15, 0.2) is 6.10 Å². The van der Waals surface area contributed by atoms with Gasteiger partial charge in [0.1, 0.15) is 25.2 Å². The number of carboxylic acid groups (broad SMARTS) is 1. The maximum atomic E-state index is 11.3. The summed E-state index contributed by atoms with van der Waals surface area (Å²) in [7, 11) is 1.55.